The van der Waals surface area contributed by atoms with Crippen LogP contribution in [0.5, 0.6) is 5.75 Å². The molecule has 0 radical (unpaired) electrons. The molecular weight excluding hydrogens is 302 g/mol. The van der Waals surface area contributed by atoms with E-state index in [2.05, 4.69) is 20.9 Å². The van der Waals surface area contributed by atoms with Gasteiger partial charge in [-0.1, -0.05) is 15.9 Å². The zero-order valence-electron chi connectivity index (χ0n) is 9.14. The molecule has 3 nitrogen and oxygen atoms in total. The van der Waals surface area contributed by atoms with Gasteiger partial charge in [0.15, 0.2) is 6.29 Å². The van der Waals surface area contributed by atoms with E-state index < -0.39 is 0 Å². The number of benzene rings is 1. The first-order valence-electron chi connectivity index (χ1n) is 4.98. The van der Waals surface area contributed by atoms with E-state index >= 15 is 0 Å². The van der Waals surface area contributed by atoms with Crippen molar-refractivity contribution < 1.29 is 9.53 Å². The Kier molecular flexibility index (Phi) is 3.91. The number of hydrogen-bond donors (Lipinski definition) is 0. The van der Waals surface area contributed by atoms with Gasteiger partial charge in [-0.15, -0.1) is 11.3 Å². The van der Waals surface area contributed by atoms with Crippen LogP contribution in [0.3, 0.4) is 0 Å². The van der Waals surface area contributed by atoms with Crippen LogP contribution in [-0.4, -0.2) is 11.3 Å². The average Bonchev–Trinajstić information content (AvgIpc) is 2.74. The molecule has 0 aliphatic rings. The molecule has 0 bridgehead atoms. The quantitative estimate of drug-likeness (QED) is 0.810. The summed E-state index contributed by atoms with van der Waals surface area (Å²) in [5.74, 6) is 0.682. The Morgan fingerprint density at radius 2 is 2.35 bits per heavy atom. The van der Waals surface area contributed by atoms with Gasteiger partial charge in [-0.2, -0.15) is 0 Å². The summed E-state index contributed by atoms with van der Waals surface area (Å²) in [6, 6.07) is 5.34. The molecule has 2 aromatic rings. The highest BCUT2D eigenvalue weighted by atomic mass is 79.9. The lowest BCUT2D eigenvalue weighted by molar-refractivity contribution is 0.112. The van der Waals surface area contributed by atoms with Crippen LogP contribution in [-0.2, 0) is 6.61 Å². The Morgan fingerprint density at radius 3 is 3.00 bits per heavy atom. The standard InChI is InChI=1S/C12H10BrNO2S/c1-8-14-5-11(17-8)7-16-10-2-3-12(13)9(4-10)6-15/h2-6H,7H2,1H3. The van der Waals surface area contributed by atoms with E-state index in [1.54, 1.807) is 29.7 Å². The highest BCUT2D eigenvalue weighted by Crippen LogP contribution is 2.22. The third kappa shape index (κ3) is 3.14. The SMILES string of the molecule is Cc1ncc(COc2ccc(Br)c(C=O)c2)s1. The molecule has 0 aliphatic heterocycles. The van der Waals surface area contributed by atoms with Gasteiger partial charge < -0.3 is 4.74 Å². The van der Waals surface area contributed by atoms with Crippen molar-refractivity contribution in [2.75, 3.05) is 0 Å². The number of aromatic nitrogens is 1. The van der Waals surface area contributed by atoms with Crippen molar-refractivity contribution in [2.24, 2.45) is 0 Å². The van der Waals surface area contributed by atoms with Crippen LogP contribution in [0.4, 0.5) is 0 Å². The Labute approximate surface area is 112 Å². The number of aryl methyl sites for hydroxylation is 1. The van der Waals surface area contributed by atoms with Crippen molar-refractivity contribution in [3.63, 3.8) is 0 Å². The van der Waals surface area contributed by atoms with Crippen molar-refractivity contribution in [3.05, 3.63) is 44.3 Å². The number of hydrogen-bond acceptors (Lipinski definition) is 4. The number of nitrogens with zero attached hydrogens (tertiary/aromatic N) is 1. The highest BCUT2D eigenvalue weighted by Gasteiger charge is 2.03. The topological polar surface area (TPSA) is 39.2 Å². The maximum Gasteiger partial charge on any atom is 0.151 e. The van der Waals surface area contributed by atoms with Crippen LogP contribution in [0, 0.1) is 6.92 Å². The molecule has 5 heteroatoms. The minimum atomic E-state index is 0.478. The van der Waals surface area contributed by atoms with Gasteiger partial charge in [-0.05, 0) is 25.1 Å². The summed E-state index contributed by atoms with van der Waals surface area (Å²) in [4.78, 5) is 16.0. The molecule has 1 heterocycles. The fraction of sp³-hybridized carbons (Fsp3) is 0.167. The molecule has 0 unspecified atom stereocenters. The van der Waals surface area contributed by atoms with E-state index in [1.807, 2.05) is 13.0 Å². The van der Waals surface area contributed by atoms with Crippen LogP contribution in [0.1, 0.15) is 20.2 Å². The lowest BCUT2D eigenvalue weighted by Crippen LogP contribution is -1.94. The van der Waals surface area contributed by atoms with Crippen LogP contribution in [0.15, 0.2) is 28.9 Å². The number of aldehydes is 1. The van der Waals surface area contributed by atoms with Gasteiger partial charge in [0.1, 0.15) is 12.4 Å². The van der Waals surface area contributed by atoms with Gasteiger partial charge >= 0.3 is 0 Å². The number of carbonyl (C=O) groups excluding carboxylic acids is 1. The molecular formula is C12H10BrNO2S. The smallest absolute Gasteiger partial charge is 0.151 e. The van der Waals surface area contributed by atoms with Crippen molar-refractivity contribution in [2.45, 2.75) is 13.5 Å². The molecule has 0 fully saturated rings. The maximum atomic E-state index is 10.8. The van der Waals surface area contributed by atoms with Gasteiger partial charge in [0.2, 0.25) is 0 Å². The van der Waals surface area contributed by atoms with Crippen LogP contribution >= 0.6 is 27.3 Å². The van der Waals surface area contributed by atoms with Gasteiger partial charge in [0.05, 0.1) is 9.88 Å². The van der Waals surface area contributed by atoms with E-state index in [4.69, 9.17) is 4.74 Å². The largest absolute Gasteiger partial charge is 0.488 e. The summed E-state index contributed by atoms with van der Waals surface area (Å²) >= 11 is 4.90. The summed E-state index contributed by atoms with van der Waals surface area (Å²) < 4.78 is 6.37. The molecule has 2 rings (SSSR count). The summed E-state index contributed by atoms with van der Waals surface area (Å²) in [5, 5.41) is 1.02. The molecule has 0 saturated carbocycles. The lowest BCUT2D eigenvalue weighted by atomic mass is 10.2. The fourth-order valence-corrected chi connectivity index (χ4v) is 2.38. The number of carbonyl (C=O) groups is 1. The summed E-state index contributed by atoms with van der Waals surface area (Å²) in [7, 11) is 0. The third-order valence-electron chi connectivity index (χ3n) is 2.14. The minimum absolute atomic E-state index is 0.478. The van der Waals surface area contributed by atoms with Crippen LogP contribution < -0.4 is 4.74 Å². The van der Waals surface area contributed by atoms with E-state index in [-0.39, 0.29) is 0 Å². The first kappa shape index (κ1) is 12.3. The van der Waals surface area contributed by atoms with Crippen molar-refractivity contribution in [3.8, 4) is 5.75 Å². The second-order valence-electron chi connectivity index (χ2n) is 3.44. The predicted octanol–water partition coefficient (Wildman–Crippen LogP) is 3.61. The van der Waals surface area contributed by atoms with Crippen molar-refractivity contribution >= 4 is 33.6 Å². The Hall–Kier alpha value is -1.20. The normalized spacial score (nSPS) is 10.2. The molecule has 88 valence electrons. The van der Waals surface area contributed by atoms with E-state index in [0.717, 1.165) is 20.6 Å². The summed E-state index contributed by atoms with van der Waals surface area (Å²) in [5.41, 5.74) is 0.586. The van der Waals surface area contributed by atoms with Crippen LogP contribution in [0.2, 0.25) is 0 Å². The number of thiazole rings is 1. The average molecular weight is 312 g/mol. The third-order valence-corrected chi connectivity index (χ3v) is 3.75. The molecule has 0 spiro atoms. The number of rotatable bonds is 4. The van der Waals surface area contributed by atoms with Gasteiger partial charge in [0, 0.05) is 16.2 Å². The maximum absolute atomic E-state index is 10.8. The molecule has 0 saturated heterocycles. The predicted molar refractivity (Wildman–Crippen MR) is 70.7 cm³/mol. The fourth-order valence-electron chi connectivity index (χ4n) is 1.33. The molecule has 0 N–H and O–H groups in total. The number of halogens is 1. The highest BCUT2D eigenvalue weighted by molar-refractivity contribution is 9.10. The van der Waals surface area contributed by atoms with E-state index in [9.17, 15) is 4.79 Å². The molecule has 0 atom stereocenters. The van der Waals surface area contributed by atoms with Gasteiger partial charge in [-0.3, -0.25) is 4.79 Å². The first-order valence-corrected chi connectivity index (χ1v) is 6.59. The van der Waals surface area contributed by atoms with Crippen molar-refractivity contribution in [1.82, 2.24) is 4.98 Å². The van der Waals surface area contributed by atoms with E-state index in [1.165, 1.54) is 0 Å². The molecule has 0 amide bonds. The van der Waals surface area contributed by atoms with Crippen molar-refractivity contribution in [1.29, 1.82) is 0 Å². The monoisotopic (exact) mass is 311 g/mol. The minimum Gasteiger partial charge on any atom is -0.488 e. The first-order chi connectivity index (χ1) is 8.19. The second-order valence-corrected chi connectivity index (χ2v) is 5.61. The Morgan fingerprint density at radius 1 is 1.53 bits per heavy atom. The van der Waals surface area contributed by atoms with Gasteiger partial charge in [-0.25, -0.2) is 4.98 Å². The molecule has 1 aromatic carbocycles. The molecule has 0 aliphatic carbocycles. The Bertz CT molecular complexity index is 539. The zero-order chi connectivity index (χ0) is 12.3. The van der Waals surface area contributed by atoms with Crippen LogP contribution in [0.25, 0.3) is 0 Å². The summed E-state index contributed by atoms with van der Waals surface area (Å²) in [6.07, 6.45) is 2.60. The summed E-state index contributed by atoms with van der Waals surface area (Å²) in [6.45, 7) is 2.43. The second kappa shape index (κ2) is 5.42. The number of ether oxygens (including phenoxy) is 1. The van der Waals surface area contributed by atoms with E-state index in [0.29, 0.717) is 17.9 Å². The molecule has 1 aromatic heterocycles. The lowest BCUT2D eigenvalue weighted by Gasteiger charge is -2.05. The van der Waals surface area contributed by atoms with Gasteiger partial charge in [0.25, 0.3) is 0 Å². The molecule has 17 heavy (non-hydrogen) atoms. The Balaban J connectivity index is 2.06. The zero-order valence-corrected chi connectivity index (χ0v) is 11.5.